The Balaban J connectivity index is 1.93. The molecule has 0 spiro atoms. The topological polar surface area (TPSA) is 66.8 Å². The van der Waals surface area contributed by atoms with E-state index in [-0.39, 0.29) is 32.7 Å². The molecule has 0 saturated carbocycles. The SMILES string of the molecule is COc1c(Cl)cc(/C(O)=C2/C(=O)C(=O)N(c3ccccc3)C2c2cccs2)cc1Cl. The van der Waals surface area contributed by atoms with Crippen molar-refractivity contribution < 1.29 is 19.4 Å². The minimum absolute atomic E-state index is 0.0244. The van der Waals surface area contributed by atoms with Crippen LogP contribution in [0.2, 0.25) is 10.0 Å². The van der Waals surface area contributed by atoms with E-state index in [9.17, 15) is 14.7 Å². The second kappa shape index (κ2) is 8.14. The molecule has 1 fully saturated rings. The average Bonchev–Trinajstić information content (AvgIpc) is 3.35. The van der Waals surface area contributed by atoms with Crippen molar-refractivity contribution in [3.8, 4) is 5.75 Å². The van der Waals surface area contributed by atoms with Gasteiger partial charge in [0.15, 0.2) is 5.75 Å². The van der Waals surface area contributed by atoms with E-state index in [0.717, 1.165) is 4.88 Å². The molecular weight excluding hydrogens is 445 g/mol. The fraction of sp³-hybridized carbons (Fsp3) is 0.0909. The number of hydrogen-bond acceptors (Lipinski definition) is 5. The number of anilines is 1. The van der Waals surface area contributed by atoms with Gasteiger partial charge in [0.05, 0.1) is 22.7 Å². The number of carbonyl (C=O) groups excluding carboxylic acids is 2. The Kier molecular flexibility index (Phi) is 5.56. The number of thiophene rings is 1. The number of aliphatic hydroxyl groups is 1. The summed E-state index contributed by atoms with van der Waals surface area (Å²) in [6, 6.07) is 14.6. The normalized spacial score (nSPS) is 18.1. The number of carbonyl (C=O) groups is 2. The first kappa shape index (κ1) is 20.5. The van der Waals surface area contributed by atoms with Crippen LogP contribution in [-0.2, 0) is 9.59 Å². The molecule has 3 aromatic rings. The predicted molar refractivity (Wildman–Crippen MR) is 119 cm³/mol. The van der Waals surface area contributed by atoms with Crippen molar-refractivity contribution in [1.82, 2.24) is 0 Å². The molecule has 30 heavy (non-hydrogen) atoms. The molecule has 1 amide bonds. The first-order chi connectivity index (χ1) is 14.4. The molecule has 1 aliphatic heterocycles. The monoisotopic (exact) mass is 459 g/mol. The first-order valence-electron chi connectivity index (χ1n) is 8.87. The van der Waals surface area contributed by atoms with E-state index >= 15 is 0 Å². The molecule has 1 atom stereocenters. The van der Waals surface area contributed by atoms with Gasteiger partial charge in [-0.1, -0.05) is 47.5 Å². The minimum Gasteiger partial charge on any atom is -0.507 e. The second-order valence-corrected chi connectivity index (χ2v) is 8.29. The minimum atomic E-state index is -0.780. The number of halogens is 2. The van der Waals surface area contributed by atoms with Crippen LogP contribution in [0.15, 0.2) is 65.6 Å². The number of ether oxygens (including phenoxy) is 1. The lowest BCUT2D eigenvalue weighted by atomic mass is 9.99. The Bertz CT molecular complexity index is 1140. The standard InChI is InChI=1S/C22H15Cl2NO4S/c1-29-21-14(23)10-12(11-15(21)24)19(26)17-18(16-8-5-9-30-16)25(22(28)20(17)27)13-6-3-2-4-7-13/h2-11,18,26H,1H3/b19-17-. The van der Waals surface area contributed by atoms with Gasteiger partial charge in [-0.15, -0.1) is 11.3 Å². The molecule has 2 heterocycles. The number of rotatable bonds is 4. The highest BCUT2D eigenvalue weighted by atomic mass is 35.5. The van der Waals surface area contributed by atoms with E-state index < -0.39 is 17.7 Å². The van der Waals surface area contributed by atoms with Crippen molar-refractivity contribution in [2.24, 2.45) is 0 Å². The number of para-hydroxylation sites is 1. The molecule has 0 radical (unpaired) electrons. The van der Waals surface area contributed by atoms with Crippen LogP contribution in [0.1, 0.15) is 16.5 Å². The average molecular weight is 460 g/mol. The molecule has 1 aliphatic rings. The van der Waals surface area contributed by atoms with E-state index in [2.05, 4.69) is 0 Å². The van der Waals surface area contributed by atoms with Gasteiger partial charge in [0.1, 0.15) is 11.8 Å². The van der Waals surface area contributed by atoms with Crippen LogP contribution in [0.5, 0.6) is 5.75 Å². The second-order valence-electron chi connectivity index (χ2n) is 6.49. The summed E-state index contributed by atoms with van der Waals surface area (Å²) in [5, 5.41) is 13.3. The number of Topliss-reactive ketones (excluding diaryl/α,β-unsaturated/α-hetero) is 1. The Hall–Kier alpha value is -2.80. The number of aliphatic hydroxyl groups excluding tert-OH is 1. The van der Waals surface area contributed by atoms with Crippen molar-refractivity contribution in [3.05, 3.63) is 86.0 Å². The van der Waals surface area contributed by atoms with Gasteiger partial charge in [0.25, 0.3) is 11.7 Å². The lowest BCUT2D eigenvalue weighted by Gasteiger charge is -2.24. The van der Waals surface area contributed by atoms with E-state index in [1.165, 1.54) is 35.5 Å². The molecule has 8 heteroatoms. The quantitative estimate of drug-likeness (QED) is 0.309. The van der Waals surface area contributed by atoms with Gasteiger partial charge in [-0.3, -0.25) is 14.5 Å². The summed E-state index contributed by atoms with van der Waals surface area (Å²) in [6.07, 6.45) is 0. The molecule has 0 aliphatic carbocycles. The fourth-order valence-electron chi connectivity index (χ4n) is 3.45. The largest absolute Gasteiger partial charge is 0.507 e. The van der Waals surface area contributed by atoms with Crippen LogP contribution in [0, 0.1) is 0 Å². The van der Waals surface area contributed by atoms with Gasteiger partial charge in [-0.05, 0) is 35.7 Å². The molecule has 1 aromatic heterocycles. The predicted octanol–water partition coefficient (Wildman–Crippen LogP) is 5.69. The van der Waals surface area contributed by atoms with E-state index in [1.807, 2.05) is 23.6 Å². The van der Waals surface area contributed by atoms with Crippen LogP contribution in [0.4, 0.5) is 5.69 Å². The third-order valence-electron chi connectivity index (χ3n) is 4.77. The fourth-order valence-corrected chi connectivity index (χ4v) is 4.92. The van der Waals surface area contributed by atoms with Gasteiger partial charge >= 0.3 is 0 Å². The summed E-state index contributed by atoms with van der Waals surface area (Å²) >= 11 is 13.8. The number of benzene rings is 2. The van der Waals surface area contributed by atoms with Crippen molar-refractivity contribution in [2.75, 3.05) is 12.0 Å². The molecule has 1 unspecified atom stereocenters. The zero-order chi connectivity index (χ0) is 21.4. The highest BCUT2D eigenvalue weighted by Crippen LogP contribution is 2.44. The third kappa shape index (κ3) is 3.37. The number of methoxy groups -OCH3 is 1. The van der Waals surface area contributed by atoms with Crippen LogP contribution in [0.25, 0.3) is 5.76 Å². The van der Waals surface area contributed by atoms with E-state index in [1.54, 1.807) is 24.3 Å². The van der Waals surface area contributed by atoms with E-state index in [0.29, 0.717) is 5.69 Å². The maximum Gasteiger partial charge on any atom is 0.300 e. The maximum absolute atomic E-state index is 13.0. The molecule has 0 bridgehead atoms. The van der Waals surface area contributed by atoms with Crippen molar-refractivity contribution in [1.29, 1.82) is 0 Å². The van der Waals surface area contributed by atoms with Crippen LogP contribution >= 0.6 is 34.5 Å². The van der Waals surface area contributed by atoms with Gasteiger partial charge in [-0.25, -0.2) is 0 Å². The van der Waals surface area contributed by atoms with Gasteiger partial charge in [-0.2, -0.15) is 0 Å². The lowest BCUT2D eigenvalue weighted by Crippen LogP contribution is -2.29. The Morgan fingerprint density at radius 3 is 2.30 bits per heavy atom. The Morgan fingerprint density at radius 2 is 1.73 bits per heavy atom. The molecule has 4 rings (SSSR count). The summed E-state index contributed by atoms with van der Waals surface area (Å²) in [6.45, 7) is 0. The van der Waals surface area contributed by atoms with Gasteiger partial charge < -0.3 is 9.84 Å². The van der Waals surface area contributed by atoms with Crippen molar-refractivity contribution in [2.45, 2.75) is 6.04 Å². The number of amides is 1. The first-order valence-corrected chi connectivity index (χ1v) is 10.5. The van der Waals surface area contributed by atoms with E-state index in [4.69, 9.17) is 27.9 Å². The summed E-state index contributed by atoms with van der Waals surface area (Å²) < 4.78 is 5.14. The molecule has 2 aromatic carbocycles. The third-order valence-corrected chi connectivity index (χ3v) is 6.25. The zero-order valence-corrected chi connectivity index (χ0v) is 18.0. The highest BCUT2D eigenvalue weighted by molar-refractivity contribution is 7.10. The maximum atomic E-state index is 13.0. The summed E-state index contributed by atoms with van der Waals surface area (Å²) in [5.41, 5.74) is 0.755. The Labute approximate surface area is 186 Å². The summed E-state index contributed by atoms with van der Waals surface area (Å²) in [4.78, 5) is 28.1. The van der Waals surface area contributed by atoms with Gasteiger partial charge in [0.2, 0.25) is 0 Å². The number of nitrogens with zero attached hydrogens (tertiary/aromatic N) is 1. The van der Waals surface area contributed by atoms with Gasteiger partial charge in [0, 0.05) is 16.1 Å². The number of hydrogen-bond donors (Lipinski definition) is 1. The molecule has 1 saturated heterocycles. The van der Waals surface area contributed by atoms with Crippen LogP contribution < -0.4 is 9.64 Å². The molecular formula is C22H15Cl2NO4S. The highest BCUT2D eigenvalue weighted by Gasteiger charge is 2.47. The molecule has 1 N–H and O–H groups in total. The van der Waals surface area contributed by atoms with Crippen molar-refractivity contribution >= 4 is 57.7 Å². The van der Waals surface area contributed by atoms with Crippen molar-refractivity contribution in [3.63, 3.8) is 0 Å². The number of ketones is 1. The van der Waals surface area contributed by atoms with Crippen LogP contribution in [0.3, 0.4) is 0 Å². The zero-order valence-electron chi connectivity index (χ0n) is 15.6. The Morgan fingerprint density at radius 1 is 1.07 bits per heavy atom. The summed E-state index contributed by atoms with van der Waals surface area (Å²) in [5.74, 6) is -1.59. The van der Waals surface area contributed by atoms with Crippen LogP contribution in [-0.4, -0.2) is 23.9 Å². The summed E-state index contributed by atoms with van der Waals surface area (Å²) in [7, 11) is 1.43. The molecule has 5 nitrogen and oxygen atoms in total. The lowest BCUT2D eigenvalue weighted by molar-refractivity contribution is -0.132. The smallest absolute Gasteiger partial charge is 0.300 e. The molecule has 152 valence electrons.